The number of amides is 3. The minimum atomic E-state index is -4.16. The summed E-state index contributed by atoms with van der Waals surface area (Å²) in [6.07, 6.45) is 4.12. The van der Waals surface area contributed by atoms with Crippen LogP contribution in [0.1, 0.15) is 124 Å². The standard InChI is InChI=1S/C20H21BN4O5S2.C18H23BN4O4S.C18H20BN3O6S.C15H19BN4O5S2/c1-12-4-2-5-13-8-14(21(27)30-19(12)13)9-17(26)18(16-11-31-20(22)24-16)25-32(28,29)15-6-3-7-23-10-15;1-3-21-18(25)23-15(13-9-28-17(20)22-13)14(24)8-12-7-11-6-4-5-10(2)16(11)27-19(12)26;1-9-4-3-5-10-6-11(19(26)28-15(9)10)7-13(23)14(12-8-29-18(20)21-12)22-16(24)17(25)27-2;1-8-3-2-4-9-5-10(16(22)25-14(8)9)6-12(21)13(20-27(18,23)24)11-7-26-15(17)19-11/h2-7,10-11,14,18,25,27H,8-9H2,1H3,(H2,22,24);4-6,9,12,15,26H,3,7-8H2,1-2H3,(H2,20,22)(H2,21,23,25);3-5,8,11,14,26H,6-7H2,1-2H3,(H2,20,21)(H,22,24);2-4,7,10,13,20,22H,5-6H2,1H3,(H2,17,19)(H2,18,23,24)/t14-,18?;12-,15?;11-,14?;10-,13?/m1111/s1. The molecule has 4 aromatic carbocycles. The van der Waals surface area contributed by atoms with E-state index in [1.165, 1.54) is 52.0 Å². The Bertz CT molecular complexity index is 5300. The second kappa shape index (κ2) is 39.1. The van der Waals surface area contributed by atoms with Crippen LogP contribution in [0.25, 0.3) is 0 Å². The summed E-state index contributed by atoms with van der Waals surface area (Å²) in [7, 11) is -11.8. The molecule has 8 atom stereocenters. The van der Waals surface area contributed by atoms with E-state index in [1.807, 2.05) is 100 Å². The van der Waals surface area contributed by atoms with E-state index in [-0.39, 0.29) is 68.8 Å². The van der Waals surface area contributed by atoms with E-state index in [9.17, 15) is 70.5 Å². The molecule has 0 saturated heterocycles. The third kappa shape index (κ3) is 22.9. The summed E-state index contributed by atoms with van der Waals surface area (Å²) in [5.41, 5.74) is 30.8. The average molecular weight is 1700 g/mol. The molecule has 0 aliphatic carbocycles. The third-order valence-corrected chi connectivity index (χ3v) is 23.7. The minimum absolute atomic E-state index is 0.0308. The minimum Gasteiger partial charge on any atom is -0.536 e. The Labute approximate surface area is 684 Å². The lowest BCUT2D eigenvalue weighted by Crippen LogP contribution is -2.42. The number of carbonyl (C=O) groups excluding carboxylic acids is 7. The number of rotatable bonds is 24. The number of aryl methyl sites for hydroxylation is 4. The van der Waals surface area contributed by atoms with Crippen molar-refractivity contribution in [3.8, 4) is 23.0 Å². The Kier molecular flexibility index (Phi) is 29.7. The van der Waals surface area contributed by atoms with Crippen LogP contribution < -0.4 is 72.1 Å². The van der Waals surface area contributed by atoms with Gasteiger partial charge < -0.3 is 82.3 Å². The number of Topliss-reactive ketones (excluding diaryl/α,β-unsaturated/α-hetero) is 4. The van der Waals surface area contributed by atoms with Gasteiger partial charge in [-0.25, -0.2) is 43.1 Å². The molecule has 19 N–H and O–H groups in total. The zero-order chi connectivity index (χ0) is 84.0. The number of aromatic nitrogens is 5. The predicted molar refractivity (Wildman–Crippen MR) is 438 cm³/mol. The van der Waals surface area contributed by atoms with Crippen LogP contribution in [0.2, 0.25) is 23.3 Å². The van der Waals surface area contributed by atoms with Gasteiger partial charge in [-0.2, -0.15) is 17.9 Å². The van der Waals surface area contributed by atoms with Crippen LogP contribution in [0.4, 0.5) is 25.3 Å². The number of carbonyl (C=O) groups is 7. The van der Waals surface area contributed by atoms with E-state index in [2.05, 4.69) is 55.1 Å². The summed E-state index contributed by atoms with van der Waals surface area (Å²) in [4.78, 5) is 107. The summed E-state index contributed by atoms with van der Waals surface area (Å²) in [5.74, 6) is -3.34. The fourth-order valence-corrected chi connectivity index (χ4v) is 17.3. The van der Waals surface area contributed by atoms with Crippen LogP contribution in [0, 0.1) is 27.7 Å². The van der Waals surface area contributed by atoms with Crippen LogP contribution in [0.15, 0.2) is 124 Å². The smallest absolute Gasteiger partial charge is 0.526 e. The number of hydrogen-bond acceptors (Lipinski definition) is 33. The summed E-state index contributed by atoms with van der Waals surface area (Å²) in [5, 5.41) is 61.4. The van der Waals surface area contributed by atoms with Crippen molar-refractivity contribution in [2.24, 2.45) is 5.14 Å². The molecular weight excluding hydrogens is 1620 g/mol. The van der Waals surface area contributed by atoms with Crippen LogP contribution in [0.3, 0.4) is 0 Å². The second-order valence-corrected chi connectivity index (χ2v) is 34.0. The largest absolute Gasteiger partial charge is 0.536 e. The molecule has 5 aromatic heterocycles. The van der Waals surface area contributed by atoms with Crippen molar-refractivity contribution in [1.29, 1.82) is 0 Å². The first-order valence-electron chi connectivity index (χ1n) is 35.9. The number of anilines is 4. The van der Waals surface area contributed by atoms with Crippen molar-refractivity contribution in [3.05, 3.63) is 186 Å². The fraction of sp³-hybridized carbons (Fsp3) is 0.324. The maximum atomic E-state index is 13.3. The first kappa shape index (κ1) is 88.1. The van der Waals surface area contributed by atoms with Gasteiger partial charge in [-0.3, -0.25) is 29.0 Å². The van der Waals surface area contributed by atoms with Crippen molar-refractivity contribution >= 4 is 156 Å². The van der Waals surface area contributed by atoms with Gasteiger partial charge in [-0.05, 0) is 117 Å². The van der Waals surface area contributed by atoms with Crippen LogP contribution in [-0.2, 0) is 79.4 Å². The number of pyridine rings is 1. The summed E-state index contributed by atoms with van der Waals surface area (Å²) in [6, 6.07) is 20.4. The molecule has 610 valence electrons. The Morgan fingerprint density at radius 2 is 0.810 bits per heavy atom. The fourth-order valence-electron chi connectivity index (χ4n) is 13.2. The van der Waals surface area contributed by atoms with Gasteiger partial charge in [0.15, 0.2) is 43.7 Å². The van der Waals surface area contributed by atoms with E-state index < -0.39 is 131 Å². The van der Waals surface area contributed by atoms with E-state index in [0.717, 1.165) is 85.6 Å². The van der Waals surface area contributed by atoms with Gasteiger partial charge in [0.05, 0.1) is 29.9 Å². The summed E-state index contributed by atoms with van der Waals surface area (Å²) < 4.78 is 80.0. The van der Waals surface area contributed by atoms with Crippen molar-refractivity contribution in [3.63, 3.8) is 0 Å². The number of thiazole rings is 4. The number of methoxy groups -OCH3 is 1. The topological polar surface area (TPSA) is 570 Å². The van der Waals surface area contributed by atoms with E-state index in [0.29, 0.717) is 66.1 Å². The molecule has 9 aromatic rings. The molecule has 45 heteroatoms. The highest BCUT2D eigenvalue weighted by atomic mass is 32.2. The molecule has 3 amide bonds. The molecule has 0 fully saturated rings. The van der Waals surface area contributed by atoms with Crippen LogP contribution in [0.5, 0.6) is 23.0 Å². The highest BCUT2D eigenvalue weighted by Crippen LogP contribution is 2.42. The molecule has 0 bridgehead atoms. The van der Waals surface area contributed by atoms with Gasteiger partial charge in [-0.15, -0.1) is 45.3 Å². The normalized spacial score (nSPS) is 16.9. The quantitative estimate of drug-likeness (QED) is 0.0218. The van der Waals surface area contributed by atoms with Gasteiger partial charge in [0.25, 0.3) is 10.2 Å². The molecule has 4 aliphatic rings. The first-order chi connectivity index (χ1) is 55.1. The molecule has 9 heterocycles. The van der Waals surface area contributed by atoms with E-state index >= 15 is 0 Å². The number of nitrogens with two attached hydrogens (primary N) is 5. The second-order valence-electron chi connectivity index (χ2n) is 27.4. The Balaban J connectivity index is 0.000000164. The lowest BCUT2D eigenvalue weighted by Gasteiger charge is -2.29. The number of ketones is 4. The number of ether oxygens (including phenoxy) is 1. The van der Waals surface area contributed by atoms with Crippen molar-refractivity contribution in [2.75, 3.05) is 36.6 Å². The number of urea groups is 1. The SMILES string of the molecule is CCNC(=O)NC(C(=O)C[C@H]1Cc2cccc(C)c2OB1O)c1csc(N)n1.COC(=O)C(=O)NC(C(=O)C[C@H]1Cc2cccc(C)c2OB1O)c1csc(N)n1.Cc1cccc2c1OB(O)[C@@H](CC(=O)C(NS(=O)(=O)c1cccnc1)c1csc(N)n1)C2.Cc1cccc2c1OB(O)[C@@H](CC(=O)C(NS(N)(=O)=O)c1csc(N)n1)C2. The highest BCUT2D eigenvalue weighted by Gasteiger charge is 2.44. The van der Waals surface area contributed by atoms with E-state index in [4.69, 9.17) is 46.7 Å². The maximum absolute atomic E-state index is 13.3. The highest BCUT2D eigenvalue weighted by molar-refractivity contribution is 7.89. The number of nitrogens with one attached hydrogen (secondary N) is 5. The lowest BCUT2D eigenvalue weighted by molar-refractivity contribution is -0.153. The number of benzene rings is 4. The molecule has 35 nitrogen and oxygen atoms in total. The Hall–Kier alpha value is -10.3. The van der Waals surface area contributed by atoms with Crippen LogP contribution >= 0.6 is 45.3 Å². The van der Waals surface area contributed by atoms with Gasteiger partial charge in [-0.1, -0.05) is 72.8 Å². The third-order valence-electron chi connectivity index (χ3n) is 18.9. The van der Waals surface area contributed by atoms with Crippen LogP contribution in [-0.4, -0.2) is 145 Å². The van der Waals surface area contributed by atoms with Crippen molar-refractivity contribution in [1.82, 2.24) is 50.3 Å². The molecule has 4 aliphatic heterocycles. The molecule has 116 heavy (non-hydrogen) atoms. The zero-order valence-corrected chi connectivity index (χ0v) is 68.1. The molecule has 0 spiro atoms. The van der Waals surface area contributed by atoms with Gasteiger partial charge >= 0.3 is 46.4 Å². The van der Waals surface area contributed by atoms with Crippen molar-refractivity contribution in [2.45, 2.75) is 138 Å². The molecular formula is C71H83B4N15O20S6. The molecule has 4 unspecified atom stereocenters. The van der Waals surface area contributed by atoms with Gasteiger partial charge in [0, 0.05) is 89.4 Å². The van der Waals surface area contributed by atoms with Gasteiger partial charge in [0.1, 0.15) is 52.1 Å². The lowest BCUT2D eigenvalue weighted by atomic mass is 9.64. The number of sulfonamides is 1. The first-order valence-corrected chi connectivity index (χ1v) is 42.4. The number of fused-ring (bicyclic) bond motifs is 4. The van der Waals surface area contributed by atoms with Gasteiger partial charge in [0.2, 0.25) is 10.0 Å². The number of hydrogen-bond donors (Lipinski definition) is 14. The average Bonchev–Trinajstić information content (AvgIpc) is 0.973. The monoisotopic (exact) mass is 1700 g/mol. The molecule has 0 radical (unpaired) electrons. The predicted octanol–water partition coefficient (Wildman–Crippen LogP) is 4.85. The summed E-state index contributed by atoms with van der Waals surface area (Å²) >= 11 is 4.49. The maximum Gasteiger partial charge on any atom is 0.526 e. The summed E-state index contributed by atoms with van der Waals surface area (Å²) in [6.45, 7) is 9.75. The number of nitrogen functional groups attached to an aromatic ring is 4. The number of nitrogens with zero attached hydrogens (tertiary/aromatic N) is 5. The molecule has 13 rings (SSSR count). The Morgan fingerprint density at radius 1 is 0.491 bits per heavy atom. The zero-order valence-electron chi connectivity index (χ0n) is 63.2. The number of esters is 1. The van der Waals surface area contributed by atoms with Crippen molar-refractivity contribution < 1.29 is 93.8 Å². The number of para-hydroxylation sites is 4. The molecule has 0 saturated carbocycles. The Morgan fingerprint density at radius 3 is 1.10 bits per heavy atom. The van der Waals surface area contributed by atoms with E-state index in [1.54, 1.807) is 12.3 Å².